The molecule has 2 N–H and O–H groups in total. The first-order valence-electron chi connectivity index (χ1n) is 10.6. The molecular formula is C23H29N3O7S. The standard InChI is InChI=1S/C23H29N3O7S/c1-5-26(6-2)22(28)17-7-9-18(10-8-17)24-21(27)15-33-23(29)16(3)25-34(30,31)20-13-11-19(32-4)12-14-20/h7-14,16,25H,5-6,15H2,1-4H3,(H,24,27)/t16-/m0/s1. The maximum absolute atomic E-state index is 12.4. The van der Waals surface area contributed by atoms with Crippen molar-refractivity contribution in [3.63, 3.8) is 0 Å². The SMILES string of the molecule is CCN(CC)C(=O)c1ccc(NC(=O)COC(=O)[C@H](C)NS(=O)(=O)c2ccc(OC)cc2)cc1. The number of amides is 2. The van der Waals surface area contributed by atoms with Gasteiger partial charge in [0.05, 0.1) is 12.0 Å². The number of benzene rings is 2. The normalized spacial score (nSPS) is 11.9. The number of anilines is 1. The van der Waals surface area contributed by atoms with Crippen LogP contribution in [0.1, 0.15) is 31.1 Å². The smallest absolute Gasteiger partial charge is 0.324 e. The van der Waals surface area contributed by atoms with Gasteiger partial charge in [-0.3, -0.25) is 14.4 Å². The van der Waals surface area contributed by atoms with Gasteiger partial charge in [-0.2, -0.15) is 4.72 Å². The van der Waals surface area contributed by atoms with Crippen molar-refractivity contribution in [2.75, 3.05) is 32.1 Å². The molecule has 184 valence electrons. The van der Waals surface area contributed by atoms with E-state index in [0.717, 1.165) is 0 Å². The van der Waals surface area contributed by atoms with Crippen molar-refractivity contribution in [2.24, 2.45) is 0 Å². The van der Waals surface area contributed by atoms with Crippen LogP contribution in [0.5, 0.6) is 5.75 Å². The molecular weight excluding hydrogens is 462 g/mol. The highest BCUT2D eigenvalue weighted by Crippen LogP contribution is 2.16. The Kier molecular flexibility index (Phi) is 9.58. The second kappa shape index (κ2) is 12.1. The van der Waals surface area contributed by atoms with Crippen LogP contribution in [0.2, 0.25) is 0 Å². The zero-order chi connectivity index (χ0) is 25.3. The number of ether oxygens (including phenoxy) is 2. The molecule has 0 radical (unpaired) electrons. The number of carbonyl (C=O) groups is 3. The number of esters is 1. The predicted octanol–water partition coefficient (Wildman–Crippen LogP) is 2.03. The molecule has 0 aromatic heterocycles. The van der Waals surface area contributed by atoms with Gasteiger partial charge in [-0.25, -0.2) is 8.42 Å². The summed E-state index contributed by atoms with van der Waals surface area (Å²) in [6.45, 7) is 5.67. The van der Waals surface area contributed by atoms with Crippen LogP contribution < -0.4 is 14.8 Å². The molecule has 2 rings (SSSR count). The zero-order valence-electron chi connectivity index (χ0n) is 19.5. The van der Waals surface area contributed by atoms with Crippen LogP contribution in [0.15, 0.2) is 53.4 Å². The van der Waals surface area contributed by atoms with Gasteiger partial charge in [-0.15, -0.1) is 0 Å². The summed E-state index contributed by atoms with van der Waals surface area (Å²) in [5.41, 5.74) is 0.913. The van der Waals surface area contributed by atoms with E-state index in [-0.39, 0.29) is 10.8 Å². The molecule has 0 aliphatic heterocycles. The van der Waals surface area contributed by atoms with Crippen LogP contribution in [-0.2, 0) is 24.3 Å². The van der Waals surface area contributed by atoms with Crippen LogP contribution in [0.25, 0.3) is 0 Å². The molecule has 11 heteroatoms. The average molecular weight is 492 g/mol. The third kappa shape index (κ3) is 7.29. The van der Waals surface area contributed by atoms with Crippen LogP contribution >= 0.6 is 0 Å². The van der Waals surface area contributed by atoms with Gasteiger partial charge in [-0.05, 0) is 69.3 Å². The Morgan fingerprint density at radius 2 is 1.56 bits per heavy atom. The molecule has 34 heavy (non-hydrogen) atoms. The number of sulfonamides is 1. The minimum absolute atomic E-state index is 0.0476. The molecule has 0 saturated carbocycles. The third-order valence-corrected chi connectivity index (χ3v) is 6.42. The maximum atomic E-state index is 12.4. The molecule has 0 bridgehead atoms. The quantitative estimate of drug-likeness (QED) is 0.460. The Morgan fingerprint density at radius 3 is 2.09 bits per heavy atom. The fourth-order valence-electron chi connectivity index (χ4n) is 2.95. The monoisotopic (exact) mass is 491 g/mol. The van der Waals surface area contributed by atoms with E-state index in [2.05, 4.69) is 10.0 Å². The number of nitrogens with zero attached hydrogens (tertiary/aromatic N) is 1. The van der Waals surface area contributed by atoms with Crippen LogP contribution in [0.3, 0.4) is 0 Å². The van der Waals surface area contributed by atoms with E-state index in [1.54, 1.807) is 29.2 Å². The largest absolute Gasteiger partial charge is 0.497 e. The third-order valence-electron chi connectivity index (χ3n) is 4.87. The van der Waals surface area contributed by atoms with Crippen LogP contribution in [0, 0.1) is 0 Å². The van der Waals surface area contributed by atoms with Crippen molar-refractivity contribution in [3.8, 4) is 5.75 Å². The fraction of sp³-hybridized carbons (Fsp3) is 0.348. The fourth-order valence-corrected chi connectivity index (χ4v) is 4.14. The molecule has 0 heterocycles. The second-order valence-corrected chi connectivity index (χ2v) is 8.94. The highest BCUT2D eigenvalue weighted by molar-refractivity contribution is 7.89. The topological polar surface area (TPSA) is 131 Å². The van der Waals surface area contributed by atoms with Crippen molar-refractivity contribution >= 4 is 33.5 Å². The van der Waals surface area contributed by atoms with E-state index >= 15 is 0 Å². The van der Waals surface area contributed by atoms with Crippen LogP contribution in [-0.4, -0.2) is 63.9 Å². The van der Waals surface area contributed by atoms with Gasteiger partial charge in [0.25, 0.3) is 11.8 Å². The van der Waals surface area contributed by atoms with Crippen molar-refractivity contribution in [1.82, 2.24) is 9.62 Å². The minimum atomic E-state index is -3.98. The molecule has 0 unspecified atom stereocenters. The van der Waals surface area contributed by atoms with E-state index in [4.69, 9.17) is 9.47 Å². The average Bonchev–Trinajstić information content (AvgIpc) is 2.83. The summed E-state index contributed by atoms with van der Waals surface area (Å²) >= 11 is 0. The Hall–Kier alpha value is -3.44. The van der Waals surface area contributed by atoms with E-state index in [0.29, 0.717) is 30.1 Å². The Morgan fingerprint density at radius 1 is 0.971 bits per heavy atom. The van der Waals surface area contributed by atoms with Gasteiger partial charge < -0.3 is 19.7 Å². The number of hydrogen-bond acceptors (Lipinski definition) is 7. The second-order valence-electron chi connectivity index (χ2n) is 7.23. The lowest BCUT2D eigenvalue weighted by molar-refractivity contribution is -0.148. The number of nitrogens with one attached hydrogen (secondary N) is 2. The Labute approximate surface area is 199 Å². The van der Waals surface area contributed by atoms with Gasteiger partial charge in [0.2, 0.25) is 10.0 Å². The number of rotatable bonds is 11. The molecule has 0 fully saturated rings. The summed E-state index contributed by atoms with van der Waals surface area (Å²) in [7, 11) is -2.52. The van der Waals surface area contributed by atoms with Crippen LogP contribution in [0.4, 0.5) is 5.69 Å². The first-order chi connectivity index (χ1) is 16.1. The summed E-state index contributed by atoms with van der Waals surface area (Å²) < 4.78 is 36.9. The highest BCUT2D eigenvalue weighted by atomic mass is 32.2. The summed E-state index contributed by atoms with van der Waals surface area (Å²) in [6.07, 6.45) is 0. The van der Waals surface area contributed by atoms with E-state index in [1.165, 1.54) is 38.3 Å². The molecule has 0 aliphatic carbocycles. The molecule has 0 saturated heterocycles. The highest BCUT2D eigenvalue weighted by Gasteiger charge is 2.24. The molecule has 2 amide bonds. The molecule has 0 spiro atoms. The molecule has 2 aromatic rings. The zero-order valence-corrected chi connectivity index (χ0v) is 20.3. The maximum Gasteiger partial charge on any atom is 0.324 e. The summed E-state index contributed by atoms with van der Waals surface area (Å²) in [5.74, 6) is -1.14. The number of carbonyl (C=O) groups excluding carboxylic acids is 3. The molecule has 2 aromatic carbocycles. The van der Waals surface area contributed by atoms with Gasteiger partial charge in [0, 0.05) is 24.3 Å². The lowest BCUT2D eigenvalue weighted by atomic mass is 10.2. The van der Waals surface area contributed by atoms with E-state index < -0.39 is 34.5 Å². The lowest BCUT2D eigenvalue weighted by Crippen LogP contribution is -2.40. The first kappa shape index (κ1) is 26.8. The summed E-state index contributed by atoms with van der Waals surface area (Å²) in [6, 6.07) is 10.8. The minimum Gasteiger partial charge on any atom is -0.497 e. The lowest BCUT2D eigenvalue weighted by Gasteiger charge is -2.18. The van der Waals surface area contributed by atoms with Crippen molar-refractivity contribution in [3.05, 3.63) is 54.1 Å². The first-order valence-corrected chi connectivity index (χ1v) is 12.1. The van der Waals surface area contributed by atoms with E-state index in [9.17, 15) is 22.8 Å². The molecule has 1 atom stereocenters. The van der Waals surface area contributed by atoms with Gasteiger partial charge in [-0.1, -0.05) is 0 Å². The Bertz CT molecular complexity index is 1100. The van der Waals surface area contributed by atoms with Crippen molar-refractivity contribution in [2.45, 2.75) is 31.7 Å². The Balaban J connectivity index is 1.87. The number of hydrogen-bond donors (Lipinski definition) is 2. The molecule has 10 nitrogen and oxygen atoms in total. The molecule has 0 aliphatic rings. The van der Waals surface area contributed by atoms with Gasteiger partial charge >= 0.3 is 5.97 Å². The summed E-state index contributed by atoms with van der Waals surface area (Å²) in [5, 5.41) is 2.55. The van der Waals surface area contributed by atoms with E-state index in [1.807, 2.05) is 13.8 Å². The van der Waals surface area contributed by atoms with Crippen molar-refractivity contribution < 1.29 is 32.3 Å². The van der Waals surface area contributed by atoms with Gasteiger partial charge in [0.1, 0.15) is 11.8 Å². The summed E-state index contributed by atoms with van der Waals surface area (Å²) in [4.78, 5) is 38.2. The van der Waals surface area contributed by atoms with Gasteiger partial charge in [0.15, 0.2) is 6.61 Å². The predicted molar refractivity (Wildman–Crippen MR) is 126 cm³/mol. The van der Waals surface area contributed by atoms with Crippen molar-refractivity contribution in [1.29, 1.82) is 0 Å². The number of methoxy groups -OCH3 is 1.